The zero-order valence-electron chi connectivity index (χ0n) is 19.5. The summed E-state index contributed by atoms with van der Waals surface area (Å²) in [5, 5.41) is 11.2. The monoisotopic (exact) mass is 486 g/mol. The summed E-state index contributed by atoms with van der Waals surface area (Å²) >= 11 is 0. The van der Waals surface area contributed by atoms with Crippen LogP contribution >= 0.6 is 0 Å². The van der Waals surface area contributed by atoms with Gasteiger partial charge in [-0.05, 0) is 18.2 Å². The Balaban J connectivity index is 1.37. The highest BCUT2D eigenvalue weighted by Gasteiger charge is 2.19. The topological polar surface area (TPSA) is 126 Å². The van der Waals surface area contributed by atoms with E-state index < -0.39 is 11.6 Å². The molecule has 0 saturated carbocycles. The van der Waals surface area contributed by atoms with Crippen LogP contribution in [0.4, 0.5) is 0 Å². The van der Waals surface area contributed by atoms with E-state index in [9.17, 15) is 9.59 Å². The highest BCUT2D eigenvalue weighted by Crippen LogP contribution is 2.30. The number of carbonyl (C=O) groups excluding carboxylic acids is 1. The van der Waals surface area contributed by atoms with Crippen molar-refractivity contribution in [3.05, 3.63) is 82.9 Å². The number of carbonyl (C=O) groups is 1. The van der Waals surface area contributed by atoms with E-state index in [1.165, 1.54) is 11.5 Å². The fourth-order valence-corrected chi connectivity index (χ4v) is 3.82. The van der Waals surface area contributed by atoms with Crippen molar-refractivity contribution in [3.63, 3.8) is 0 Å². The number of nitrogens with zero attached hydrogens (tertiary/aromatic N) is 5. The highest BCUT2D eigenvalue weighted by atomic mass is 16.5. The second-order valence-corrected chi connectivity index (χ2v) is 7.77. The van der Waals surface area contributed by atoms with Crippen molar-refractivity contribution in [1.82, 2.24) is 29.6 Å². The second-order valence-electron chi connectivity index (χ2n) is 7.77. The van der Waals surface area contributed by atoms with Gasteiger partial charge in [0.25, 0.3) is 5.89 Å². The fraction of sp³-hybridized carbons (Fsp3) is 0.160. The second kappa shape index (κ2) is 9.74. The minimum Gasteiger partial charge on any atom is -0.493 e. The van der Waals surface area contributed by atoms with Crippen LogP contribution < -0.4 is 20.5 Å². The lowest BCUT2D eigenvalue weighted by molar-refractivity contribution is -0.122. The van der Waals surface area contributed by atoms with E-state index >= 15 is 0 Å². The number of fused-ring (bicyclic) bond motifs is 1. The molecular formula is C25H22N6O5. The number of para-hydroxylation sites is 1. The summed E-state index contributed by atoms with van der Waals surface area (Å²) in [6, 6.07) is 18.2. The summed E-state index contributed by atoms with van der Waals surface area (Å²) in [4.78, 5) is 30.0. The number of aromatic nitrogens is 5. The molecule has 1 N–H and O–H groups in total. The lowest BCUT2D eigenvalue weighted by atomic mass is 10.2. The van der Waals surface area contributed by atoms with Gasteiger partial charge in [0.05, 0.1) is 19.8 Å². The first-order valence-corrected chi connectivity index (χ1v) is 11.0. The van der Waals surface area contributed by atoms with Gasteiger partial charge in [0.2, 0.25) is 11.7 Å². The van der Waals surface area contributed by atoms with Crippen LogP contribution in [0, 0.1) is 0 Å². The summed E-state index contributed by atoms with van der Waals surface area (Å²) < 4.78 is 18.6. The Labute approximate surface area is 204 Å². The Morgan fingerprint density at radius 3 is 2.64 bits per heavy atom. The molecule has 182 valence electrons. The van der Waals surface area contributed by atoms with Gasteiger partial charge in [-0.15, -0.1) is 5.10 Å². The molecule has 0 unspecified atom stereocenters. The Bertz CT molecular complexity index is 1590. The quantitative estimate of drug-likeness (QED) is 0.355. The number of methoxy groups -OCH3 is 2. The Morgan fingerprint density at radius 2 is 1.86 bits per heavy atom. The number of nitrogens with one attached hydrogen (secondary N) is 1. The van der Waals surface area contributed by atoms with Gasteiger partial charge in [0.1, 0.15) is 6.54 Å². The van der Waals surface area contributed by atoms with Gasteiger partial charge in [-0.25, -0.2) is 13.9 Å². The largest absolute Gasteiger partial charge is 0.493 e. The number of hydrogen-bond donors (Lipinski definition) is 1. The van der Waals surface area contributed by atoms with Gasteiger partial charge in [-0.2, -0.15) is 4.98 Å². The van der Waals surface area contributed by atoms with Crippen LogP contribution in [0.25, 0.3) is 28.5 Å². The average molecular weight is 486 g/mol. The highest BCUT2D eigenvalue weighted by molar-refractivity contribution is 5.76. The van der Waals surface area contributed by atoms with Gasteiger partial charge in [-0.1, -0.05) is 47.6 Å². The first-order chi connectivity index (χ1) is 17.6. The van der Waals surface area contributed by atoms with Gasteiger partial charge >= 0.3 is 5.69 Å². The van der Waals surface area contributed by atoms with Gasteiger partial charge < -0.3 is 19.3 Å². The van der Waals surface area contributed by atoms with Crippen molar-refractivity contribution in [2.45, 2.75) is 13.1 Å². The predicted octanol–water partition coefficient (Wildman–Crippen LogP) is 2.55. The van der Waals surface area contributed by atoms with Crippen molar-refractivity contribution in [1.29, 1.82) is 0 Å². The van der Waals surface area contributed by atoms with Crippen LogP contribution in [0.1, 0.15) is 5.56 Å². The fourth-order valence-electron chi connectivity index (χ4n) is 3.82. The first kappa shape index (κ1) is 22.8. The van der Waals surface area contributed by atoms with Gasteiger partial charge in [0.15, 0.2) is 17.1 Å². The number of hydrogen-bond acceptors (Lipinski definition) is 8. The van der Waals surface area contributed by atoms with Crippen LogP contribution in [0.5, 0.6) is 11.5 Å². The van der Waals surface area contributed by atoms with E-state index in [2.05, 4.69) is 20.6 Å². The minimum atomic E-state index is -0.469. The molecule has 0 radical (unpaired) electrons. The van der Waals surface area contributed by atoms with Crippen molar-refractivity contribution in [2.24, 2.45) is 0 Å². The molecule has 3 aromatic heterocycles. The summed E-state index contributed by atoms with van der Waals surface area (Å²) in [5.41, 5.74) is 1.84. The molecule has 11 nitrogen and oxygen atoms in total. The molecule has 3 heterocycles. The van der Waals surface area contributed by atoms with E-state index in [-0.39, 0.29) is 19.0 Å². The molecule has 5 rings (SSSR count). The Hall–Kier alpha value is -4.93. The minimum absolute atomic E-state index is 0.191. The smallest absolute Gasteiger partial charge is 0.350 e. The maximum atomic E-state index is 12.9. The van der Waals surface area contributed by atoms with Gasteiger partial charge in [0, 0.05) is 23.9 Å². The summed E-state index contributed by atoms with van der Waals surface area (Å²) in [5.74, 6) is 1.33. The standard InChI is InChI=1S/C25H22N6O5/c1-34-19-12-6-10-17(21(19)35-2)14-26-20(32)15-31-25(33)30-13-7-11-18(23(30)28-31)24-27-22(29-36-24)16-8-4-3-5-9-16/h3-13H,14-15H2,1-2H3,(H,26,32). The number of pyridine rings is 1. The van der Waals surface area contributed by atoms with Crippen LogP contribution in [0.3, 0.4) is 0 Å². The molecule has 0 saturated heterocycles. The van der Waals surface area contributed by atoms with E-state index in [4.69, 9.17) is 14.0 Å². The average Bonchev–Trinajstić information content (AvgIpc) is 3.53. The van der Waals surface area contributed by atoms with Crippen LogP contribution in [0.15, 0.2) is 76.2 Å². The molecule has 36 heavy (non-hydrogen) atoms. The molecule has 2 aromatic carbocycles. The molecule has 11 heteroatoms. The molecule has 0 bridgehead atoms. The maximum Gasteiger partial charge on any atom is 0.350 e. The normalized spacial score (nSPS) is 10.9. The van der Waals surface area contributed by atoms with E-state index in [0.717, 1.165) is 15.8 Å². The van der Waals surface area contributed by atoms with Crippen LogP contribution in [0.2, 0.25) is 0 Å². The van der Waals surface area contributed by atoms with Crippen LogP contribution in [-0.2, 0) is 17.9 Å². The molecule has 0 spiro atoms. The zero-order chi connectivity index (χ0) is 25.1. The molecule has 0 aliphatic carbocycles. The summed E-state index contributed by atoms with van der Waals surface area (Å²) in [6.07, 6.45) is 1.57. The Morgan fingerprint density at radius 1 is 1.03 bits per heavy atom. The summed E-state index contributed by atoms with van der Waals surface area (Å²) in [7, 11) is 3.07. The van der Waals surface area contributed by atoms with E-state index in [0.29, 0.717) is 28.5 Å². The van der Waals surface area contributed by atoms with Gasteiger partial charge in [-0.3, -0.25) is 4.79 Å². The van der Waals surface area contributed by atoms with E-state index in [1.54, 1.807) is 37.6 Å². The third-order valence-electron chi connectivity index (χ3n) is 5.55. The third kappa shape index (κ3) is 4.29. The molecule has 0 aliphatic heterocycles. The number of benzene rings is 2. The molecule has 1 amide bonds. The predicted molar refractivity (Wildman–Crippen MR) is 130 cm³/mol. The number of rotatable bonds is 8. The lowest BCUT2D eigenvalue weighted by Gasteiger charge is -2.13. The molecule has 0 aliphatic rings. The van der Waals surface area contributed by atoms with E-state index in [1.807, 2.05) is 36.4 Å². The summed E-state index contributed by atoms with van der Waals surface area (Å²) in [6.45, 7) is -0.0812. The zero-order valence-corrected chi connectivity index (χ0v) is 19.5. The Kier molecular flexibility index (Phi) is 6.18. The van der Waals surface area contributed by atoms with Crippen molar-refractivity contribution < 1.29 is 18.8 Å². The SMILES string of the molecule is COc1cccc(CNC(=O)Cn2nc3c(-c4nc(-c5ccccc5)no4)cccn3c2=O)c1OC. The van der Waals surface area contributed by atoms with Crippen LogP contribution in [-0.4, -0.2) is 44.4 Å². The molecule has 0 fully saturated rings. The van der Waals surface area contributed by atoms with Crippen molar-refractivity contribution in [2.75, 3.05) is 14.2 Å². The van der Waals surface area contributed by atoms with Crippen molar-refractivity contribution in [3.8, 4) is 34.3 Å². The first-order valence-electron chi connectivity index (χ1n) is 11.0. The lowest BCUT2D eigenvalue weighted by Crippen LogP contribution is -2.32. The molecule has 0 atom stereocenters. The molecular weight excluding hydrogens is 464 g/mol. The maximum absolute atomic E-state index is 12.9. The number of ether oxygens (including phenoxy) is 2. The molecule has 5 aromatic rings. The third-order valence-corrected chi connectivity index (χ3v) is 5.55. The number of amides is 1. The van der Waals surface area contributed by atoms with Crippen molar-refractivity contribution >= 4 is 11.6 Å².